The lowest BCUT2D eigenvalue weighted by Gasteiger charge is -2.32. The van der Waals surface area contributed by atoms with Gasteiger partial charge in [0.15, 0.2) is 0 Å². The van der Waals surface area contributed by atoms with E-state index in [1.54, 1.807) is 6.20 Å². The number of aliphatic hydroxyl groups excluding tert-OH is 1. The summed E-state index contributed by atoms with van der Waals surface area (Å²) in [6, 6.07) is 2.03. The van der Waals surface area contributed by atoms with Crippen LogP contribution >= 0.6 is 0 Å². The smallest absolute Gasteiger partial charge is 0.0697 e. The number of anilines is 1. The molecule has 0 amide bonds. The number of aromatic nitrogens is 1. The van der Waals surface area contributed by atoms with Crippen molar-refractivity contribution < 1.29 is 5.11 Å². The normalized spacial score (nSPS) is 21.7. The highest BCUT2D eigenvalue weighted by atomic mass is 16.3. The van der Waals surface area contributed by atoms with E-state index in [4.69, 9.17) is 5.11 Å². The lowest BCUT2D eigenvalue weighted by atomic mass is 10.00. The zero-order chi connectivity index (χ0) is 10.7. The number of hydrogen-bond donors (Lipinski definition) is 1. The van der Waals surface area contributed by atoms with Crippen molar-refractivity contribution in [1.29, 1.82) is 0 Å². The van der Waals surface area contributed by atoms with Gasteiger partial charge in [-0.05, 0) is 30.4 Å². The zero-order valence-corrected chi connectivity index (χ0v) is 9.19. The summed E-state index contributed by atoms with van der Waals surface area (Å²) in [7, 11) is 0. The van der Waals surface area contributed by atoms with Crippen molar-refractivity contribution in [2.75, 3.05) is 18.0 Å². The van der Waals surface area contributed by atoms with Crippen LogP contribution < -0.4 is 4.90 Å². The molecule has 1 aliphatic rings. The van der Waals surface area contributed by atoms with E-state index in [0.29, 0.717) is 0 Å². The van der Waals surface area contributed by atoms with Crippen molar-refractivity contribution in [3.8, 4) is 0 Å². The molecular weight excluding hydrogens is 188 g/mol. The van der Waals surface area contributed by atoms with Gasteiger partial charge in [-0.2, -0.15) is 0 Å². The molecule has 2 rings (SSSR count). The molecule has 1 fully saturated rings. The first kappa shape index (κ1) is 10.4. The molecule has 15 heavy (non-hydrogen) atoms. The molecule has 2 heterocycles. The van der Waals surface area contributed by atoms with E-state index in [0.717, 1.165) is 30.3 Å². The molecule has 0 saturated carbocycles. The summed E-state index contributed by atoms with van der Waals surface area (Å²) in [5, 5.41) is 9.05. The highest BCUT2D eigenvalue weighted by Crippen LogP contribution is 2.22. The van der Waals surface area contributed by atoms with E-state index in [1.807, 2.05) is 12.3 Å². The van der Waals surface area contributed by atoms with Crippen molar-refractivity contribution >= 4 is 5.69 Å². The van der Waals surface area contributed by atoms with Gasteiger partial charge in [0.1, 0.15) is 0 Å². The second-order valence-electron chi connectivity index (χ2n) is 4.40. The summed E-state index contributed by atoms with van der Waals surface area (Å²) < 4.78 is 0. The average Bonchev–Trinajstić information content (AvgIpc) is 2.29. The predicted octanol–water partition coefficient (Wildman–Crippen LogP) is 1.81. The van der Waals surface area contributed by atoms with Crippen molar-refractivity contribution in [2.45, 2.75) is 26.4 Å². The molecule has 0 bridgehead atoms. The Morgan fingerprint density at radius 3 is 3.13 bits per heavy atom. The van der Waals surface area contributed by atoms with Gasteiger partial charge in [0.2, 0.25) is 0 Å². The molecule has 1 aromatic heterocycles. The molecule has 1 unspecified atom stereocenters. The molecule has 0 radical (unpaired) electrons. The molecule has 82 valence electrons. The van der Waals surface area contributed by atoms with Gasteiger partial charge in [0, 0.05) is 19.3 Å². The maximum Gasteiger partial charge on any atom is 0.0697 e. The molecule has 1 saturated heterocycles. The van der Waals surface area contributed by atoms with E-state index in [9.17, 15) is 0 Å². The Morgan fingerprint density at radius 2 is 2.40 bits per heavy atom. The lowest BCUT2D eigenvalue weighted by Crippen LogP contribution is -2.34. The standard InChI is InChI=1S/C12H18N2O/c1-10-3-2-4-14(8-10)12-5-11(9-15)6-13-7-12/h5-7,10,15H,2-4,8-9H2,1H3. The van der Waals surface area contributed by atoms with Crippen LogP contribution in [-0.2, 0) is 6.61 Å². The second kappa shape index (κ2) is 4.62. The Balaban J connectivity index is 2.13. The van der Waals surface area contributed by atoms with Gasteiger partial charge in [-0.1, -0.05) is 6.92 Å². The molecule has 1 aromatic rings. The van der Waals surface area contributed by atoms with E-state index in [-0.39, 0.29) is 6.61 Å². The third-order valence-corrected chi connectivity index (χ3v) is 2.99. The highest BCUT2D eigenvalue weighted by molar-refractivity contribution is 5.46. The minimum absolute atomic E-state index is 0.0736. The number of aliphatic hydroxyl groups is 1. The average molecular weight is 206 g/mol. The Bertz CT molecular complexity index is 327. The topological polar surface area (TPSA) is 36.4 Å². The number of nitrogens with zero attached hydrogens (tertiary/aromatic N) is 2. The van der Waals surface area contributed by atoms with Gasteiger partial charge in [-0.3, -0.25) is 4.98 Å². The summed E-state index contributed by atoms with van der Waals surface area (Å²) in [5.74, 6) is 0.761. The molecule has 1 atom stereocenters. The molecule has 0 spiro atoms. The molecule has 0 aromatic carbocycles. The fraction of sp³-hybridized carbons (Fsp3) is 0.583. The minimum Gasteiger partial charge on any atom is -0.392 e. The van der Waals surface area contributed by atoms with Gasteiger partial charge >= 0.3 is 0 Å². The van der Waals surface area contributed by atoms with Crippen LogP contribution in [0.15, 0.2) is 18.5 Å². The van der Waals surface area contributed by atoms with Gasteiger partial charge in [-0.15, -0.1) is 0 Å². The van der Waals surface area contributed by atoms with Crippen LogP contribution in [0.4, 0.5) is 5.69 Å². The summed E-state index contributed by atoms with van der Waals surface area (Å²) in [6.07, 6.45) is 6.18. The number of rotatable bonds is 2. The van der Waals surface area contributed by atoms with Gasteiger partial charge in [0.25, 0.3) is 0 Å². The molecule has 3 nitrogen and oxygen atoms in total. The Labute approximate surface area is 90.8 Å². The highest BCUT2D eigenvalue weighted by Gasteiger charge is 2.16. The van der Waals surface area contributed by atoms with Crippen molar-refractivity contribution in [2.24, 2.45) is 5.92 Å². The Hall–Kier alpha value is -1.09. The predicted molar refractivity (Wildman–Crippen MR) is 60.8 cm³/mol. The first-order chi connectivity index (χ1) is 7.29. The van der Waals surface area contributed by atoms with E-state index < -0.39 is 0 Å². The Morgan fingerprint density at radius 1 is 1.53 bits per heavy atom. The van der Waals surface area contributed by atoms with Gasteiger partial charge in [-0.25, -0.2) is 0 Å². The van der Waals surface area contributed by atoms with Crippen LogP contribution in [0, 0.1) is 5.92 Å². The van der Waals surface area contributed by atoms with Crippen LogP contribution in [-0.4, -0.2) is 23.2 Å². The Kier molecular flexibility index (Phi) is 3.21. The minimum atomic E-state index is 0.0736. The van der Waals surface area contributed by atoms with E-state index in [1.165, 1.54) is 12.8 Å². The molecule has 1 N–H and O–H groups in total. The van der Waals surface area contributed by atoms with Crippen molar-refractivity contribution in [3.63, 3.8) is 0 Å². The van der Waals surface area contributed by atoms with E-state index >= 15 is 0 Å². The summed E-state index contributed by atoms with van der Waals surface area (Å²) in [5.41, 5.74) is 2.04. The van der Waals surface area contributed by atoms with Crippen LogP contribution in [0.5, 0.6) is 0 Å². The second-order valence-corrected chi connectivity index (χ2v) is 4.40. The van der Waals surface area contributed by atoms with Crippen LogP contribution in [0.3, 0.4) is 0 Å². The maximum absolute atomic E-state index is 9.05. The SMILES string of the molecule is CC1CCCN(c2cncc(CO)c2)C1. The third-order valence-electron chi connectivity index (χ3n) is 2.99. The van der Waals surface area contributed by atoms with Crippen LogP contribution in [0.25, 0.3) is 0 Å². The molecule has 3 heteroatoms. The first-order valence-electron chi connectivity index (χ1n) is 5.59. The monoisotopic (exact) mass is 206 g/mol. The maximum atomic E-state index is 9.05. The summed E-state index contributed by atoms with van der Waals surface area (Å²) in [4.78, 5) is 6.52. The van der Waals surface area contributed by atoms with Crippen molar-refractivity contribution in [3.05, 3.63) is 24.0 Å². The fourth-order valence-corrected chi connectivity index (χ4v) is 2.16. The quantitative estimate of drug-likeness (QED) is 0.801. The lowest BCUT2D eigenvalue weighted by molar-refractivity contribution is 0.281. The fourth-order valence-electron chi connectivity index (χ4n) is 2.16. The van der Waals surface area contributed by atoms with Gasteiger partial charge in [0.05, 0.1) is 18.5 Å². The van der Waals surface area contributed by atoms with Crippen molar-refractivity contribution in [1.82, 2.24) is 4.98 Å². The van der Waals surface area contributed by atoms with Gasteiger partial charge < -0.3 is 10.0 Å². The van der Waals surface area contributed by atoms with Crippen LogP contribution in [0.1, 0.15) is 25.3 Å². The first-order valence-corrected chi connectivity index (χ1v) is 5.59. The molecular formula is C12H18N2O. The largest absolute Gasteiger partial charge is 0.392 e. The van der Waals surface area contributed by atoms with E-state index in [2.05, 4.69) is 16.8 Å². The zero-order valence-electron chi connectivity index (χ0n) is 9.19. The number of piperidine rings is 1. The van der Waals surface area contributed by atoms with Crippen LogP contribution in [0.2, 0.25) is 0 Å². The summed E-state index contributed by atoms with van der Waals surface area (Å²) >= 11 is 0. The summed E-state index contributed by atoms with van der Waals surface area (Å²) in [6.45, 7) is 4.58. The third kappa shape index (κ3) is 2.48. The molecule has 1 aliphatic heterocycles. The number of hydrogen-bond acceptors (Lipinski definition) is 3. The molecule has 0 aliphatic carbocycles. The number of pyridine rings is 1.